The summed E-state index contributed by atoms with van der Waals surface area (Å²) in [5.41, 5.74) is 0.224. The molecule has 0 radical (unpaired) electrons. The van der Waals surface area contributed by atoms with Crippen LogP contribution >= 0.6 is 0 Å². The first-order chi connectivity index (χ1) is 4.02. The fourth-order valence-corrected chi connectivity index (χ4v) is 1.15. The third kappa shape index (κ3) is 0.830. The van der Waals surface area contributed by atoms with E-state index in [9.17, 15) is 0 Å². The zero-order valence-corrected chi connectivity index (χ0v) is 6.36. The monoisotopic (exact) mass is 123 g/mol. The Balaban J connectivity index is 2.75. The van der Waals surface area contributed by atoms with Gasteiger partial charge in [0.15, 0.2) is 0 Å². The van der Waals surface area contributed by atoms with Gasteiger partial charge in [0, 0.05) is 18.3 Å². The lowest BCUT2D eigenvalue weighted by Gasteiger charge is -2.19. The molecular formula is C8H13N. The maximum Gasteiger partial charge on any atom is 0.237 e. The topological polar surface area (TPSA) is 4.36 Å². The van der Waals surface area contributed by atoms with E-state index in [4.69, 9.17) is 6.57 Å². The zero-order valence-electron chi connectivity index (χ0n) is 6.36. The van der Waals surface area contributed by atoms with Gasteiger partial charge in [-0.15, -0.1) is 0 Å². The van der Waals surface area contributed by atoms with Crippen LogP contribution in [-0.2, 0) is 0 Å². The molecule has 1 fully saturated rings. The van der Waals surface area contributed by atoms with Crippen LogP contribution in [0.5, 0.6) is 0 Å². The molecule has 0 aromatic heterocycles. The maximum atomic E-state index is 6.95. The van der Waals surface area contributed by atoms with E-state index >= 15 is 0 Å². The Kier molecular flexibility index (Phi) is 1.10. The van der Waals surface area contributed by atoms with Gasteiger partial charge in [-0.3, -0.25) is 0 Å². The summed E-state index contributed by atoms with van der Waals surface area (Å²) >= 11 is 0. The summed E-state index contributed by atoms with van der Waals surface area (Å²) in [6.07, 6.45) is 2.22. The van der Waals surface area contributed by atoms with Gasteiger partial charge in [-0.1, -0.05) is 20.8 Å². The molecule has 0 amide bonds. The Labute approximate surface area is 56.9 Å². The summed E-state index contributed by atoms with van der Waals surface area (Å²) in [5.74, 6) is 0. The number of nitrogens with zero attached hydrogens (tertiary/aromatic N) is 1. The van der Waals surface area contributed by atoms with Gasteiger partial charge in [0.1, 0.15) is 0 Å². The summed E-state index contributed by atoms with van der Waals surface area (Å²) in [5, 5.41) is 0. The summed E-state index contributed by atoms with van der Waals surface area (Å²) in [6.45, 7) is 13.4. The highest BCUT2D eigenvalue weighted by Gasteiger charge is 2.59. The molecule has 0 N–H and O–H groups in total. The zero-order chi connectivity index (χ0) is 7.12. The first-order valence-corrected chi connectivity index (χ1v) is 3.40. The molecule has 9 heavy (non-hydrogen) atoms. The summed E-state index contributed by atoms with van der Waals surface area (Å²) in [6, 6.07) is 0. The lowest BCUT2D eigenvalue weighted by atomic mass is 9.85. The van der Waals surface area contributed by atoms with E-state index in [0.29, 0.717) is 0 Å². The fourth-order valence-electron chi connectivity index (χ4n) is 1.15. The molecule has 0 aromatic carbocycles. The van der Waals surface area contributed by atoms with E-state index in [1.807, 2.05) is 0 Å². The third-order valence-electron chi connectivity index (χ3n) is 2.33. The van der Waals surface area contributed by atoms with E-state index in [1.54, 1.807) is 0 Å². The first kappa shape index (κ1) is 6.61. The number of hydrogen-bond donors (Lipinski definition) is 0. The minimum Gasteiger partial charge on any atom is -0.310 e. The molecule has 0 aliphatic heterocycles. The van der Waals surface area contributed by atoms with E-state index in [1.165, 1.54) is 0 Å². The van der Waals surface area contributed by atoms with Crippen molar-refractivity contribution in [3.05, 3.63) is 11.4 Å². The van der Waals surface area contributed by atoms with Crippen LogP contribution in [0.25, 0.3) is 4.85 Å². The van der Waals surface area contributed by atoms with Gasteiger partial charge in [0.2, 0.25) is 5.54 Å². The molecule has 0 atom stereocenters. The van der Waals surface area contributed by atoms with Crippen molar-refractivity contribution < 1.29 is 0 Å². The van der Waals surface area contributed by atoms with Crippen molar-refractivity contribution in [3.63, 3.8) is 0 Å². The minimum atomic E-state index is 0.0208. The van der Waals surface area contributed by atoms with Crippen LogP contribution in [0.3, 0.4) is 0 Å². The lowest BCUT2D eigenvalue weighted by Crippen LogP contribution is -2.24. The molecule has 0 spiro atoms. The average molecular weight is 123 g/mol. The van der Waals surface area contributed by atoms with Crippen LogP contribution in [0.4, 0.5) is 0 Å². The van der Waals surface area contributed by atoms with Gasteiger partial charge < -0.3 is 4.85 Å². The minimum absolute atomic E-state index is 0.0208. The standard InChI is InChI=1S/C8H13N/c1-7(2,3)8(9-4)5-6-8/h5-6H2,1-3H3. The highest BCUT2D eigenvalue weighted by atomic mass is 14.9. The molecule has 1 rings (SSSR count). The van der Waals surface area contributed by atoms with Crippen molar-refractivity contribution >= 4 is 0 Å². The fraction of sp³-hybridized carbons (Fsp3) is 0.875. The smallest absolute Gasteiger partial charge is 0.237 e. The van der Waals surface area contributed by atoms with Crippen molar-refractivity contribution in [2.24, 2.45) is 5.41 Å². The predicted molar refractivity (Wildman–Crippen MR) is 38.0 cm³/mol. The molecular weight excluding hydrogens is 110 g/mol. The van der Waals surface area contributed by atoms with Crippen molar-refractivity contribution in [1.29, 1.82) is 0 Å². The van der Waals surface area contributed by atoms with Crippen LogP contribution in [0, 0.1) is 12.0 Å². The third-order valence-corrected chi connectivity index (χ3v) is 2.33. The van der Waals surface area contributed by atoms with Crippen molar-refractivity contribution in [1.82, 2.24) is 0 Å². The Bertz CT molecular complexity index is 152. The molecule has 0 unspecified atom stereocenters. The molecule has 1 aliphatic carbocycles. The van der Waals surface area contributed by atoms with Crippen molar-refractivity contribution in [3.8, 4) is 0 Å². The average Bonchev–Trinajstić information content (AvgIpc) is 2.40. The molecule has 1 heteroatoms. The van der Waals surface area contributed by atoms with Crippen LogP contribution in [0.2, 0.25) is 0 Å². The van der Waals surface area contributed by atoms with Crippen LogP contribution in [0.15, 0.2) is 0 Å². The van der Waals surface area contributed by atoms with E-state index in [-0.39, 0.29) is 11.0 Å². The maximum absolute atomic E-state index is 6.95. The molecule has 0 bridgehead atoms. The summed E-state index contributed by atoms with van der Waals surface area (Å²) in [7, 11) is 0. The van der Waals surface area contributed by atoms with Crippen LogP contribution in [0.1, 0.15) is 33.6 Å². The highest BCUT2D eigenvalue weighted by Crippen LogP contribution is 2.52. The highest BCUT2D eigenvalue weighted by molar-refractivity contribution is 5.17. The van der Waals surface area contributed by atoms with Crippen molar-refractivity contribution in [2.45, 2.75) is 39.2 Å². The Morgan fingerprint density at radius 3 is 1.78 bits per heavy atom. The Morgan fingerprint density at radius 1 is 1.33 bits per heavy atom. The number of hydrogen-bond acceptors (Lipinski definition) is 0. The predicted octanol–water partition coefficient (Wildman–Crippen LogP) is 2.48. The van der Waals surface area contributed by atoms with Gasteiger partial charge >= 0.3 is 0 Å². The van der Waals surface area contributed by atoms with Crippen LogP contribution in [-0.4, -0.2) is 5.54 Å². The largest absolute Gasteiger partial charge is 0.310 e. The first-order valence-electron chi connectivity index (χ1n) is 3.40. The summed E-state index contributed by atoms with van der Waals surface area (Å²) in [4.78, 5) is 3.65. The van der Waals surface area contributed by atoms with Gasteiger partial charge in [-0.05, 0) is 0 Å². The molecule has 0 saturated heterocycles. The molecule has 50 valence electrons. The second-order valence-electron chi connectivity index (χ2n) is 3.89. The SMILES string of the molecule is [C-]#[N+]C1(C(C)(C)C)CC1. The molecule has 0 aromatic rings. The van der Waals surface area contributed by atoms with Gasteiger partial charge in [-0.2, -0.15) is 0 Å². The van der Waals surface area contributed by atoms with Crippen LogP contribution < -0.4 is 0 Å². The second-order valence-corrected chi connectivity index (χ2v) is 3.89. The lowest BCUT2D eigenvalue weighted by molar-refractivity contribution is 0.341. The molecule has 1 nitrogen and oxygen atoms in total. The molecule has 1 saturated carbocycles. The molecule has 1 aliphatic rings. The van der Waals surface area contributed by atoms with E-state index in [0.717, 1.165) is 12.8 Å². The van der Waals surface area contributed by atoms with E-state index in [2.05, 4.69) is 25.6 Å². The molecule has 0 heterocycles. The van der Waals surface area contributed by atoms with Crippen molar-refractivity contribution in [2.75, 3.05) is 0 Å². The quantitative estimate of drug-likeness (QED) is 0.436. The van der Waals surface area contributed by atoms with Gasteiger partial charge in [0.05, 0.1) is 0 Å². The normalized spacial score (nSPS) is 22.9. The Morgan fingerprint density at radius 2 is 1.78 bits per heavy atom. The summed E-state index contributed by atoms with van der Waals surface area (Å²) < 4.78 is 0. The van der Waals surface area contributed by atoms with E-state index < -0.39 is 0 Å². The Hall–Kier alpha value is -0.510. The van der Waals surface area contributed by atoms with Gasteiger partial charge in [-0.25, -0.2) is 6.57 Å². The number of rotatable bonds is 0. The second kappa shape index (κ2) is 1.50. The van der Waals surface area contributed by atoms with Gasteiger partial charge in [0.25, 0.3) is 0 Å².